The molecule has 0 aliphatic carbocycles. The molecule has 0 aliphatic rings. The van der Waals surface area contributed by atoms with Gasteiger partial charge in [-0.25, -0.2) is 9.18 Å². The van der Waals surface area contributed by atoms with Crippen molar-refractivity contribution in [2.45, 2.75) is 0 Å². The van der Waals surface area contributed by atoms with Gasteiger partial charge in [0.1, 0.15) is 5.82 Å². The Kier molecular flexibility index (Phi) is 3.23. The number of methoxy groups -OCH3 is 1. The van der Waals surface area contributed by atoms with Gasteiger partial charge in [-0.2, -0.15) is 0 Å². The van der Waals surface area contributed by atoms with Crippen molar-refractivity contribution in [2.75, 3.05) is 12.8 Å². The zero-order valence-corrected chi connectivity index (χ0v) is 9.68. The summed E-state index contributed by atoms with van der Waals surface area (Å²) in [6, 6.07) is 7.35. The summed E-state index contributed by atoms with van der Waals surface area (Å²) in [4.78, 5) is 15.3. The minimum absolute atomic E-state index is 0.323. The average molecular weight is 246 g/mol. The normalized spacial score (nSPS) is 10.1. The number of aromatic nitrogens is 1. The minimum atomic E-state index is -0.465. The van der Waals surface area contributed by atoms with Crippen LogP contribution < -0.4 is 5.73 Å². The van der Waals surface area contributed by atoms with Crippen LogP contribution in [0.15, 0.2) is 36.5 Å². The predicted octanol–water partition coefficient (Wildman–Crippen LogP) is 2.26. The maximum atomic E-state index is 13.2. The van der Waals surface area contributed by atoms with Gasteiger partial charge in [-0.15, -0.1) is 0 Å². The first-order chi connectivity index (χ1) is 8.60. The highest BCUT2D eigenvalue weighted by Gasteiger charge is 2.07. The fourth-order valence-corrected chi connectivity index (χ4v) is 1.56. The van der Waals surface area contributed by atoms with Crippen molar-refractivity contribution in [2.24, 2.45) is 0 Å². The number of esters is 1. The zero-order valence-electron chi connectivity index (χ0n) is 9.68. The van der Waals surface area contributed by atoms with Gasteiger partial charge in [0, 0.05) is 17.4 Å². The number of nitrogens with zero attached hydrogens (tertiary/aromatic N) is 1. The van der Waals surface area contributed by atoms with Crippen LogP contribution in [0.5, 0.6) is 0 Å². The summed E-state index contributed by atoms with van der Waals surface area (Å²) in [6.07, 6.45) is 1.38. The monoisotopic (exact) mass is 246 g/mol. The van der Waals surface area contributed by atoms with Crippen LogP contribution in [-0.2, 0) is 4.74 Å². The summed E-state index contributed by atoms with van der Waals surface area (Å²) in [6.45, 7) is 0. The number of ether oxygens (including phenoxy) is 1. The molecule has 2 rings (SSSR count). The molecule has 18 heavy (non-hydrogen) atoms. The lowest BCUT2D eigenvalue weighted by atomic mass is 10.1. The fourth-order valence-electron chi connectivity index (χ4n) is 1.56. The molecule has 0 saturated heterocycles. The third-order valence-electron chi connectivity index (χ3n) is 2.40. The van der Waals surface area contributed by atoms with Crippen LogP contribution in [0.2, 0.25) is 0 Å². The van der Waals surface area contributed by atoms with Crippen molar-refractivity contribution in [1.82, 2.24) is 4.98 Å². The van der Waals surface area contributed by atoms with E-state index in [1.54, 1.807) is 18.2 Å². The molecule has 0 atom stereocenters. The van der Waals surface area contributed by atoms with E-state index in [9.17, 15) is 9.18 Å². The van der Waals surface area contributed by atoms with E-state index >= 15 is 0 Å². The van der Waals surface area contributed by atoms with Crippen molar-refractivity contribution in [3.8, 4) is 11.3 Å². The number of hydrogen-bond acceptors (Lipinski definition) is 4. The number of pyridine rings is 1. The van der Waals surface area contributed by atoms with E-state index in [1.165, 1.54) is 25.4 Å². The zero-order chi connectivity index (χ0) is 13.1. The number of carbonyl (C=O) groups excluding carboxylic acids is 1. The lowest BCUT2D eigenvalue weighted by Gasteiger charge is -2.04. The molecule has 0 aliphatic heterocycles. The first kappa shape index (κ1) is 12.0. The Bertz CT molecular complexity index is 562. The first-order valence-electron chi connectivity index (χ1n) is 5.21. The Balaban J connectivity index is 2.37. The molecule has 5 heteroatoms. The molecule has 0 unspecified atom stereocenters. The Labute approximate surface area is 103 Å². The number of nitrogens with two attached hydrogens (primary N) is 1. The molecule has 0 bridgehead atoms. The molecule has 0 saturated carbocycles. The third-order valence-corrected chi connectivity index (χ3v) is 2.40. The largest absolute Gasteiger partial charge is 0.465 e. The lowest BCUT2D eigenvalue weighted by molar-refractivity contribution is 0.0600. The highest BCUT2D eigenvalue weighted by atomic mass is 19.1. The smallest absolute Gasteiger partial charge is 0.339 e. The van der Waals surface area contributed by atoms with Gasteiger partial charge in [-0.1, -0.05) is 0 Å². The van der Waals surface area contributed by atoms with Crippen LogP contribution in [0.3, 0.4) is 0 Å². The molecule has 1 aromatic heterocycles. The van der Waals surface area contributed by atoms with E-state index in [1.807, 2.05) is 0 Å². The molecule has 0 fully saturated rings. The Morgan fingerprint density at radius 1 is 1.33 bits per heavy atom. The maximum Gasteiger partial charge on any atom is 0.339 e. The molecular formula is C13H11FN2O2. The van der Waals surface area contributed by atoms with Crippen molar-refractivity contribution >= 4 is 11.7 Å². The van der Waals surface area contributed by atoms with E-state index in [0.717, 1.165) is 0 Å². The van der Waals surface area contributed by atoms with Gasteiger partial charge >= 0.3 is 5.97 Å². The summed E-state index contributed by atoms with van der Waals surface area (Å²) < 4.78 is 17.8. The summed E-state index contributed by atoms with van der Waals surface area (Å²) in [5.74, 6) is -0.892. The van der Waals surface area contributed by atoms with Gasteiger partial charge in [0.15, 0.2) is 0 Å². The van der Waals surface area contributed by atoms with Gasteiger partial charge in [0.25, 0.3) is 0 Å². The van der Waals surface area contributed by atoms with Crippen molar-refractivity contribution in [3.63, 3.8) is 0 Å². The van der Waals surface area contributed by atoms with Crippen LogP contribution >= 0.6 is 0 Å². The number of halogens is 1. The first-order valence-corrected chi connectivity index (χ1v) is 5.21. The number of nitrogen functional groups attached to an aromatic ring is 1. The van der Waals surface area contributed by atoms with Crippen molar-refractivity contribution < 1.29 is 13.9 Å². The number of hydrogen-bond donors (Lipinski definition) is 1. The lowest BCUT2D eigenvalue weighted by Crippen LogP contribution is -2.01. The highest BCUT2D eigenvalue weighted by Crippen LogP contribution is 2.21. The van der Waals surface area contributed by atoms with Gasteiger partial charge in [0.2, 0.25) is 0 Å². The standard InChI is InChI=1S/C13H11FN2O2/c1-18-13(17)8-2-3-12(16-7-8)9-4-10(14)6-11(15)5-9/h2-7H,15H2,1H3. The van der Waals surface area contributed by atoms with Crippen molar-refractivity contribution in [3.05, 3.63) is 47.9 Å². The van der Waals surface area contributed by atoms with Crippen LogP contribution in [0.4, 0.5) is 10.1 Å². The summed E-state index contributed by atoms with van der Waals surface area (Å²) >= 11 is 0. The minimum Gasteiger partial charge on any atom is -0.465 e. The number of anilines is 1. The van der Waals surface area contributed by atoms with Crippen LogP contribution in [0.25, 0.3) is 11.3 Å². The van der Waals surface area contributed by atoms with E-state index in [0.29, 0.717) is 22.5 Å². The Hall–Kier alpha value is -2.43. The number of benzene rings is 1. The van der Waals surface area contributed by atoms with Crippen molar-refractivity contribution in [1.29, 1.82) is 0 Å². The van der Waals surface area contributed by atoms with E-state index in [4.69, 9.17) is 5.73 Å². The number of carbonyl (C=O) groups is 1. The molecule has 0 amide bonds. The van der Waals surface area contributed by atoms with E-state index in [-0.39, 0.29) is 0 Å². The van der Waals surface area contributed by atoms with Gasteiger partial charge < -0.3 is 10.5 Å². The van der Waals surface area contributed by atoms with Crippen LogP contribution in [0, 0.1) is 5.82 Å². The van der Waals surface area contributed by atoms with Crippen LogP contribution in [-0.4, -0.2) is 18.1 Å². The second-order valence-electron chi connectivity index (χ2n) is 3.70. The molecule has 0 radical (unpaired) electrons. The Morgan fingerprint density at radius 2 is 2.11 bits per heavy atom. The summed E-state index contributed by atoms with van der Waals surface area (Å²) in [5.41, 5.74) is 7.31. The Morgan fingerprint density at radius 3 is 2.67 bits per heavy atom. The summed E-state index contributed by atoms with van der Waals surface area (Å²) in [5, 5.41) is 0. The molecule has 1 aromatic carbocycles. The summed E-state index contributed by atoms with van der Waals surface area (Å²) in [7, 11) is 1.30. The molecule has 2 aromatic rings. The molecule has 1 heterocycles. The SMILES string of the molecule is COC(=O)c1ccc(-c2cc(N)cc(F)c2)nc1. The quantitative estimate of drug-likeness (QED) is 0.652. The van der Waals surface area contributed by atoms with E-state index < -0.39 is 11.8 Å². The molecule has 4 nitrogen and oxygen atoms in total. The van der Waals surface area contributed by atoms with E-state index in [2.05, 4.69) is 9.72 Å². The highest BCUT2D eigenvalue weighted by molar-refractivity contribution is 5.89. The maximum absolute atomic E-state index is 13.2. The average Bonchev–Trinajstić information content (AvgIpc) is 2.37. The second kappa shape index (κ2) is 4.83. The van der Waals surface area contributed by atoms with Gasteiger partial charge in [0.05, 0.1) is 18.4 Å². The molecule has 0 spiro atoms. The van der Waals surface area contributed by atoms with Gasteiger partial charge in [-0.3, -0.25) is 4.98 Å². The van der Waals surface area contributed by atoms with Gasteiger partial charge in [-0.05, 0) is 30.3 Å². The van der Waals surface area contributed by atoms with Crippen LogP contribution in [0.1, 0.15) is 10.4 Å². The predicted molar refractivity (Wildman–Crippen MR) is 65.4 cm³/mol. The topological polar surface area (TPSA) is 65.2 Å². The third kappa shape index (κ3) is 2.45. The molecule has 92 valence electrons. The molecular weight excluding hydrogens is 235 g/mol. The number of rotatable bonds is 2. The molecule has 2 N–H and O–H groups in total. The fraction of sp³-hybridized carbons (Fsp3) is 0.0769. The second-order valence-corrected chi connectivity index (χ2v) is 3.70.